The van der Waals surface area contributed by atoms with Crippen molar-refractivity contribution >= 4 is 23.2 Å². The van der Waals surface area contributed by atoms with Gasteiger partial charge in [0.25, 0.3) is 0 Å². The van der Waals surface area contributed by atoms with Gasteiger partial charge in [0.05, 0.1) is 10.6 Å². The fourth-order valence-corrected chi connectivity index (χ4v) is 2.81. The van der Waals surface area contributed by atoms with Gasteiger partial charge in [0, 0.05) is 30.7 Å². The third-order valence-electron chi connectivity index (χ3n) is 3.73. The molecule has 1 saturated heterocycles. The maximum absolute atomic E-state index is 12.0. The summed E-state index contributed by atoms with van der Waals surface area (Å²) < 4.78 is 0. The monoisotopic (exact) mass is 305 g/mol. The van der Waals surface area contributed by atoms with Gasteiger partial charge in [-0.05, 0) is 44.9 Å². The van der Waals surface area contributed by atoms with Gasteiger partial charge in [0.15, 0.2) is 0 Å². The van der Waals surface area contributed by atoms with Crippen LogP contribution in [-0.2, 0) is 4.79 Å². The second-order valence-electron chi connectivity index (χ2n) is 5.70. The van der Waals surface area contributed by atoms with E-state index in [0.29, 0.717) is 10.6 Å². The highest BCUT2D eigenvalue weighted by Crippen LogP contribution is 2.27. The van der Waals surface area contributed by atoms with Crippen LogP contribution in [0.25, 0.3) is 0 Å². The van der Waals surface area contributed by atoms with Crippen LogP contribution in [0.5, 0.6) is 0 Å². The Hall–Kier alpha value is -1.73. The van der Waals surface area contributed by atoms with Crippen molar-refractivity contribution < 1.29 is 4.79 Å². The molecule has 0 radical (unpaired) electrons. The number of amides is 1. The first-order valence-corrected chi connectivity index (χ1v) is 7.64. The summed E-state index contributed by atoms with van der Waals surface area (Å²) in [6.45, 7) is 5.62. The Bertz CT molecular complexity index is 557. The first kappa shape index (κ1) is 15.7. The van der Waals surface area contributed by atoms with Crippen LogP contribution < -0.4 is 10.2 Å². The predicted molar refractivity (Wildman–Crippen MR) is 84.4 cm³/mol. The van der Waals surface area contributed by atoms with E-state index in [1.54, 1.807) is 6.07 Å². The number of halogens is 1. The molecule has 0 atom stereocenters. The minimum atomic E-state index is 0.0949. The summed E-state index contributed by atoms with van der Waals surface area (Å²) in [5.41, 5.74) is 1.51. The smallest absolute Gasteiger partial charge is 0.223 e. The van der Waals surface area contributed by atoms with Crippen LogP contribution in [0.1, 0.15) is 32.3 Å². The number of hydrogen-bond acceptors (Lipinski definition) is 3. The van der Waals surface area contributed by atoms with Gasteiger partial charge in [0.2, 0.25) is 5.91 Å². The normalized spacial score (nSPS) is 15.9. The summed E-state index contributed by atoms with van der Waals surface area (Å²) in [5.74, 6) is 0.250. The highest BCUT2D eigenvalue weighted by atomic mass is 35.5. The Labute approximate surface area is 130 Å². The molecule has 1 aliphatic heterocycles. The van der Waals surface area contributed by atoms with Gasteiger partial charge in [-0.25, -0.2) is 0 Å². The van der Waals surface area contributed by atoms with Crippen molar-refractivity contribution in [1.29, 1.82) is 5.26 Å². The molecular formula is C16H20ClN3O. The summed E-state index contributed by atoms with van der Waals surface area (Å²) >= 11 is 6.07. The van der Waals surface area contributed by atoms with Crippen LogP contribution in [0.15, 0.2) is 18.2 Å². The van der Waals surface area contributed by atoms with Gasteiger partial charge in [0.1, 0.15) is 6.07 Å². The van der Waals surface area contributed by atoms with Crippen molar-refractivity contribution in [2.24, 2.45) is 5.92 Å². The summed E-state index contributed by atoms with van der Waals surface area (Å²) in [5, 5.41) is 12.4. The summed E-state index contributed by atoms with van der Waals surface area (Å²) in [6.07, 6.45) is 1.69. The van der Waals surface area contributed by atoms with Crippen LogP contribution >= 0.6 is 11.6 Å². The van der Waals surface area contributed by atoms with Gasteiger partial charge in [-0.1, -0.05) is 11.6 Å². The highest BCUT2D eigenvalue weighted by Gasteiger charge is 2.25. The number of benzene rings is 1. The molecule has 112 valence electrons. The Morgan fingerprint density at radius 1 is 1.43 bits per heavy atom. The van der Waals surface area contributed by atoms with Gasteiger partial charge in [-0.15, -0.1) is 0 Å². The Kier molecular flexibility index (Phi) is 5.08. The molecule has 0 aliphatic carbocycles. The average Bonchev–Trinajstić information content (AvgIpc) is 2.46. The van der Waals surface area contributed by atoms with E-state index < -0.39 is 0 Å². The number of piperidine rings is 1. The molecule has 4 nitrogen and oxygen atoms in total. The molecule has 0 bridgehead atoms. The van der Waals surface area contributed by atoms with Crippen molar-refractivity contribution in [2.45, 2.75) is 32.7 Å². The van der Waals surface area contributed by atoms with E-state index in [2.05, 4.69) is 16.3 Å². The maximum Gasteiger partial charge on any atom is 0.223 e. The molecular weight excluding hydrogens is 286 g/mol. The fourth-order valence-electron chi connectivity index (χ4n) is 2.59. The molecule has 2 rings (SSSR count). The Morgan fingerprint density at radius 3 is 2.62 bits per heavy atom. The number of carbonyl (C=O) groups is 1. The van der Waals surface area contributed by atoms with E-state index >= 15 is 0 Å². The number of nitrogens with one attached hydrogen (secondary N) is 1. The summed E-state index contributed by atoms with van der Waals surface area (Å²) in [7, 11) is 0. The van der Waals surface area contributed by atoms with Gasteiger partial charge in [-0.2, -0.15) is 5.26 Å². The Balaban J connectivity index is 1.96. The van der Waals surface area contributed by atoms with Crippen LogP contribution in [-0.4, -0.2) is 25.0 Å². The van der Waals surface area contributed by atoms with Gasteiger partial charge < -0.3 is 10.2 Å². The van der Waals surface area contributed by atoms with E-state index in [9.17, 15) is 4.79 Å². The zero-order chi connectivity index (χ0) is 15.4. The highest BCUT2D eigenvalue weighted by molar-refractivity contribution is 6.32. The van der Waals surface area contributed by atoms with Crippen molar-refractivity contribution in [3.63, 3.8) is 0 Å². The maximum atomic E-state index is 12.0. The molecule has 1 aromatic carbocycles. The van der Waals surface area contributed by atoms with E-state index in [1.807, 2.05) is 26.0 Å². The first-order valence-electron chi connectivity index (χ1n) is 7.26. The molecule has 1 fully saturated rings. The molecule has 1 aromatic rings. The number of carbonyl (C=O) groups excluding carboxylic acids is 1. The molecule has 1 heterocycles. The molecule has 1 aliphatic rings. The van der Waals surface area contributed by atoms with Crippen molar-refractivity contribution in [3.8, 4) is 6.07 Å². The topological polar surface area (TPSA) is 56.1 Å². The van der Waals surface area contributed by atoms with Crippen molar-refractivity contribution in [3.05, 3.63) is 28.8 Å². The van der Waals surface area contributed by atoms with Crippen LogP contribution in [0.4, 0.5) is 5.69 Å². The van der Waals surface area contributed by atoms with Gasteiger partial charge >= 0.3 is 0 Å². The number of nitrogens with zero attached hydrogens (tertiary/aromatic N) is 2. The van der Waals surface area contributed by atoms with Crippen LogP contribution in [0, 0.1) is 17.2 Å². The van der Waals surface area contributed by atoms with Crippen LogP contribution in [0.2, 0.25) is 5.02 Å². The molecule has 0 unspecified atom stereocenters. The van der Waals surface area contributed by atoms with Crippen molar-refractivity contribution in [1.82, 2.24) is 5.32 Å². The second kappa shape index (κ2) is 6.82. The fraction of sp³-hybridized carbons (Fsp3) is 0.500. The summed E-state index contributed by atoms with van der Waals surface area (Å²) in [4.78, 5) is 14.2. The third-order valence-corrected chi connectivity index (χ3v) is 4.05. The summed E-state index contributed by atoms with van der Waals surface area (Å²) in [6, 6.07) is 7.74. The standard InChI is InChI=1S/C16H20ClN3O/c1-11(2)19-16(21)12-5-7-20(8-6-12)14-4-3-13(10-18)15(17)9-14/h3-4,9,11-12H,5-8H2,1-2H3,(H,19,21). The zero-order valence-electron chi connectivity index (χ0n) is 12.4. The molecule has 1 amide bonds. The van der Waals surface area contributed by atoms with E-state index in [1.165, 1.54) is 0 Å². The van der Waals surface area contributed by atoms with Crippen molar-refractivity contribution in [2.75, 3.05) is 18.0 Å². The predicted octanol–water partition coefficient (Wildman–Crippen LogP) is 2.95. The second-order valence-corrected chi connectivity index (χ2v) is 6.11. The third kappa shape index (κ3) is 3.89. The lowest BCUT2D eigenvalue weighted by Gasteiger charge is -2.33. The number of rotatable bonds is 3. The van der Waals surface area contributed by atoms with E-state index in [0.717, 1.165) is 31.6 Å². The average molecular weight is 306 g/mol. The molecule has 0 aromatic heterocycles. The lowest BCUT2D eigenvalue weighted by molar-refractivity contribution is -0.126. The lowest BCUT2D eigenvalue weighted by Crippen LogP contribution is -2.42. The molecule has 21 heavy (non-hydrogen) atoms. The first-order chi connectivity index (χ1) is 10.0. The minimum Gasteiger partial charge on any atom is -0.371 e. The molecule has 0 saturated carbocycles. The van der Waals surface area contributed by atoms with E-state index in [4.69, 9.17) is 16.9 Å². The largest absolute Gasteiger partial charge is 0.371 e. The number of anilines is 1. The van der Waals surface area contributed by atoms with Gasteiger partial charge in [-0.3, -0.25) is 4.79 Å². The SMILES string of the molecule is CC(C)NC(=O)C1CCN(c2ccc(C#N)c(Cl)c2)CC1. The molecule has 1 N–H and O–H groups in total. The number of nitriles is 1. The van der Waals surface area contributed by atoms with Crippen LogP contribution in [0.3, 0.4) is 0 Å². The lowest BCUT2D eigenvalue weighted by atomic mass is 9.95. The minimum absolute atomic E-state index is 0.0949. The molecule has 5 heteroatoms. The Morgan fingerprint density at radius 2 is 2.10 bits per heavy atom. The zero-order valence-corrected chi connectivity index (χ0v) is 13.2. The molecule has 0 spiro atoms. The number of hydrogen-bond donors (Lipinski definition) is 1. The quantitative estimate of drug-likeness (QED) is 0.934. The van der Waals surface area contributed by atoms with E-state index in [-0.39, 0.29) is 17.9 Å².